The molecule has 21 heavy (non-hydrogen) atoms. The largest absolute Gasteiger partial charge is 0.497 e. The van der Waals surface area contributed by atoms with Gasteiger partial charge in [-0.2, -0.15) is 0 Å². The van der Waals surface area contributed by atoms with E-state index < -0.39 is 5.54 Å². The van der Waals surface area contributed by atoms with Gasteiger partial charge in [0.25, 0.3) is 0 Å². The second kappa shape index (κ2) is 6.48. The van der Waals surface area contributed by atoms with Crippen LogP contribution in [0, 0.1) is 0 Å². The van der Waals surface area contributed by atoms with E-state index >= 15 is 0 Å². The molecule has 1 aliphatic carbocycles. The van der Waals surface area contributed by atoms with Gasteiger partial charge in [-0.3, -0.25) is 9.69 Å². The SMILES string of the molecule is COc1ccc(OC)c(C(=O)C2(N(C)C)CCCCC2)c1. The monoisotopic (exact) mass is 291 g/mol. The highest BCUT2D eigenvalue weighted by Crippen LogP contribution is 2.38. The zero-order valence-corrected chi connectivity index (χ0v) is 13.4. The van der Waals surface area contributed by atoms with Gasteiger partial charge < -0.3 is 9.47 Å². The van der Waals surface area contributed by atoms with Crippen LogP contribution in [-0.4, -0.2) is 44.5 Å². The van der Waals surface area contributed by atoms with E-state index in [0.29, 0.717) is 17.1 Å². The average molecular weight is 291 g/mol. The molecule has 0 aliphatic heterocycles. The summed E-state index contributed by atoms with van der Waals surface area (Å²) in [6, 6.07) is 5.41. The van der Waals surface area contributed by atoms with Gasteiger partial charge in [-0.15, -0.1) is 0 Å². The van der Waals surface area contributed by atoms with Crippen molar-refractivity contribution in [3.8, 4) is 11.5 Å². The first-order valence-corrected chi connectivity index (χ1v) is 7.49. The molecular weight excluding hydrogens is 266 g/mol. The van der Waals surface area contributed by atoms with Crippen LogP contribution in [0.3, 0.4) is 0 Å². The predicted octanol–water partition coefficient (Wildman–Crippen LogP) is 3.15. The van der Waals surface area contributed by atoms with Crippen LogP contribution in [0.1, 0.15) is 42.5 Å². The topological polar surface area (TPSA) is 38.8 Å². The van der Waals surface area contributed by atoms with Gasteiger partial charge in [-0.25, -0.2) is 0 Å². The lowest BCUT2D eigenvalue weighted by atomic mass is 9.75. The Labute approximate surface area is 127 Å². The standard InChI is InChI=1S/C17H25NO3/c1-18(2)17(10-6-5-7-11-17)16(19)14-12-13(20-3)8-9-15(14)21-4/h8-9,12H,5-7,10-11H2,1-4H3. The molecule has 0 bridgehead atoms. The van der Waals surface area contributed by atoms with E-state index in [4.69, 9.17) is 9.47 Å². The molecule has 1 aliphatic rings. The summed E-state index contributed by atoms with van der Waals surface area (Å²) >= 11 is 0. The Balaban J connectivity index is 2.45. The molecule has 1 saturated carbocycles. The molecule has 4 nitrogen and oxygen atoms in total. The smallest absolute Gasteiger partial charge is 0.186 e. The number of methoxy groups -OCH3 is 2. The van der Waals surface area contributed by atoms with Gasteiger partial charge in [-0.1, -0.05) is 19.3 Å². The Morgan fingerprint density at radius 3 is 2.29 bits per heavy atom. The van der Waals surface area contributed by atoms with E-state index in [1.807, 2.05) is 20.2 Å². The number of Topliss-reactive ketones (excluding diaryl/α,β-unsaturated/α-hetero) is 1. The van der Waals surface area contributed by atoms with Gasteiger partial charge in [0.05, 0.1) is 25.3 Å². The van der Waals surface area contributed by atoms with Crippen molar-refractivity contribution in [3.63, 3.8) is 0 Å². The molecule has 0 saturated heterocycles. The lowest BCUT2D eigenvalue weighted by molar-refractivity contribution is 0.0560. The minimum Gasteiger partial charge on any atom is -0.497 e. The number of hydrogen-bond donors (Lipinski definition) is 0. The maximum absolute atomic E-state index is 13.2. The number of nitrogens with zero attached hydrogens (tertiary/aromatic N) is 1. The van der Waals surface area contributed by atoms with E-state index in [1.54, 1.807) is 26.4 Å². The predicted molar refractivity (Wildman–Crippen MR) is 83.4 cm³/mol. The molecule has 4 heteroatoms. The zero-order valence-electron chi connectivity index (χ0n) is 13.4. The van der Waals surface area contributed by atoms with Crippen molar-refractivity contribution in [3.05, 3.63) is 23.8 Å². The third-order valence-corrected chi connectivity index (χ3v) is 4.61. The van der Waals surface area contributed by atoms with Gasteiger partial charge in [0.1, 0.15) is 11.5 Å². The van der Waals surface area contributed by atoms with E-state index in [1.165, 1.54) is 6.42 Å². The average Bonchev–Trinajstić information content (AvgIpc) is 2.53. The van der Waals surface area contributed by atoms with Crippen LogP contribution in [0.4, 0.5) is 0 Å². The van der Waals surface area contributed by atoms with Crippen LogP contribution in [0.5, 0.6) is 11.5 Å². The number of carbonyl (C=O) groups is 1. The third-order valence-electron chi connectivity index (χ3n) is 4.61. The van der Waals surface area contributed by atoms with Crippen LogP contribution < -0.4 is 9.47 Å². The van der Waals surface area contributed by atoms with Crippen molar-refractivity contribution in [2.75, 3.05) is 28.3 Å². The molecule has 0 radical (unpaired) electrons. The van der Waals surface area contributed by atoms with Crippen molar-refractivity contribution in [1.29, 1.82) is 0 Å². The lowest BCUT2D eigenvalue weighted by Crippen LogP contribution is -2.52. The van der Waals surface area contributed by atoms with Crippen molar-refractivity contribution >= 4 is 5.78 Å². The molecule has 1 aromatic rings. The van der Waals surface area contributed by atoms with Crippen LogP contribution in [0.2, 0.25) is 0 Å². The van der Waals surface area contributed by atoms with Crippen LogP contribution in [0.15, 0.2) is 18.2 Å². The highest BCUT2D eigenvalue weighted by atomic mass is 16.5. The number of likely N-dealkylation sites (N-methyl/N-ethyl adjacent to an activating group) is 1. The number of hydrogen-bond acceptors (Lipinski definition) is 4. The Hall–Kier alpha value is -1.55. The van der Waals surface area contributed by atoms with E-state index in [2.05, 4.69) is 4.90 Å². The molecular formula is C17H25NO3. The zero-order chi connectivity index (χ0) is 15.5. The molecule has 0 spiro atoms. The molecule has 0 unspecified atom stereocenters. The van der Waals surface area contributed by atoms with Crippen LogP contribution in [0.25, 0.3) is 0 Å². The summed E-state index contributed by atoms with van der Waals surface area (Å²) < 4.78 is 10.7. The maximum atomic E-state index is 13.2. The quantitative estimate of drug-likeness (QED) is 0.781. The van der Waals surface area contributed by atoms with Crippen LogP contribution in [-0.2, 0) is 0 Å². The molecule has 1 aromatic carbocycles. The van der Waals surface area contributed by atoms with E-state index in [9.17, 15) is 4.79 Å². The molecule has 0 aromatic heterocycles. The minimum atomic E-state index is -0.419. The second-order valence-corrected chi connectivity index (χ2v) is 5.88. The van der Waals surface area contributed by atoms with Gasteiger partial charge in [0, 0.05) is 0 Å². The second-order valence-electron chi connectivity index (χ2n) is 5.88. The van der Waals surface area contributed by atoms with E-state index in [0.717, 1.165) is 25.7 Å². The Kier molecular flexibility index (Phi) is 4.88. The maximum Gasteiger partial charge on any atom is 0.186 e. The number of benzene rings is 1. The fourth-order valence-electron chi connectivity index (χ4n) is 3.26. The molecule has 116 valence electrons. The Bertz CT molecular complexity index is 505. The Morgan fingerprint density at radius 2 is 1.76 bits per heavy atom. The fraction of sp³-hybridized carbons (Fsp3) is 0.588. The van der Waals surface area contributed by atoms with Gasteiger partial charge >= 0.3 is 0 Å². The summed E-state index contributed by atoms with van der Waals surface area (Å²) in [5, 5.41) is 0. The minimum absolute atomic E-state index is 0.142. The van der Waals surface area contributed by atoms with Gasteiger partial charge in [0.2, 0.25) is 0 Å². The number of ether oxygens (including phenoxy) is 2. The molecule has 0 atom stereocenters. The third kappa shape index (κ3) is 2.91. The van der Waals surface area contributed by atoms with Crippen molar-refractivity contribution < 1.29 is 14.3 Å². The van der Waals surface area contributed by atoms with Crippen LogP contribution >= 0.6 is 0 Å². The van der Waals surface area contributed by atoms with Gasteiger partial charge in [0.15, 0.2) is 5.78 Å². The summed E-state index contributed by atoms with van der Waals surface area (Å²) in [6.45, 7) is 0. The van der Waals surface area contributed by atoms with E-state index in [-0.39, 0.29) is 5.78 Å². The highest BCUT2D eigenvalue weighted by molar-refractivity contribution is 6.05. The van der Waals surface area contributed by atoms with Crippen molar-refractivity contribution in [2.24, 2.45) is 0 Å². The lowest BCUT2D eigenvalue weighted by Gasteiger charge is -2.41. The summed E-state index contributed by atoms with van der Waals surface area (Å²) in [5.74, 6) is 1.44. The summed E-state index contributed by atoms with van der Waals surface area (Å²) in [6.07, 6.45) is 5.20. The normalized spacial score (nSPS) is 17.6. The van der Waals surface area contributed by atoms with Crippen molar-refractivity contribution in [1.82, 2.24) is 4.90 Å². The number of ketones is 1. The molecule has 2 rings (SSSR count). The summed E-state index contributed by atoms with van der Waals surface area (Å²) in [4.78, 5) is 15.3. The van der Waals surface area contributed by atoms with Crippen molar-refractivity contribution in [2.45, 2.75) is 37.6 Å². The highest BCUT2D eigenvalue weighted by Gasteiger charge is 2.42. The fourth-order valence-corrected chi connectivity index (χ4v) is 3.26. The summed E-state index contributed by atoms with van der Waals surface area (Å²) in [5.41, 5.74) is 0.199. The molecule has 0 N–H and O–H groups in total. The summed E-state index contributed by atoms with van der Waals surface area (Å²) in [7, 11) is 7.20. The first-order chi connectivity index (χ1) is 10.0. The van der Waals surface area contributed by atoms with Gasteiger partial charge in [-0.05, 0) is 45.1 Å². The first kappa shape index (κ1) is 15.8. The number of carbonyl (C=O) groups excluding carboxylic acids is 1. The Morgan fingerprint density at radius 1 is 1.10 bits per heavy atom. The first-order valence-electron chi connectivity index (χ1n) is 7.49. The molecule has 1 fully saturated rings. The molecule has 0 heterocycles. The molecule has 0 amide bonds. The number of rotatable bonds is 5.